The van der Waals surface area contributed by atoms with Crippen molar-refractivity contribution in [3.05, 3.63) is 22.8 Å². The fourth-order valence-electron chi connectivity index (χ4n) is 2.67. The van der Waals surface area contributed by atoms with Gasteiger partial charge in [-0.05, 0) is 36.3 Å². The zero-order valence-corrected chi connectivity index (χ0v) is 10.5. The average molecular weight is 205 g/mol. The van der Waals surface area contributed by atoms with E-state index >= 15 is 0 Å². The molecule has 84 valence electrons. The van der Waals surface area contributed by atoms with E-state index in [1.54, 1.807) is 16.7 Å². The Morgan fingerprint density at radius 1 is 1.33 bits per heavy atom. The predicted molar refractivity (Wildman–Crippen MR) is 65.8 cm³/mol. The molecule has 0 aromatic heterocycles. The zero-order chi connectivity index (χ0) is 11.1. The van der Waals surface area contributed by atoms with E-state index in [0.717, 1.165) is 12.5 Å². The van der Waals surface area contributed by atoms with Crippen molar-refractivity contribution in [2.75, 3.05) is 13.1 Å². The molecule has 0 spiro atoms. The Kier molecular flexibility index (Phi) is 2.76. The molecule has 1 N–H and O–H groups in total. The number of allylic oxidation sites excluding steroid dienone is 1. The van der Waals surface area contributed by atoms with E-state index in [1.807, 2.05) is 0 Å². The summed E-state index contributed by atoms with van der Waals surface area (Å²) in [4.78, 5) is 0. The third kappa shape index (κ3) is 2.17. The zero-order valence-electron chi connectivity index (χ0n) is 10.5. The van der Waals surface area contributed by atoms with Crippen LogP contribution in [-0.4, -0.2) is 13.1 Å². The van der Waals surface area contributed by atoms with Crippen LogP contribution in [0.25, 0.3) is 0 Å². The maximum absolute atomic E-state index is 3.47. The quantitative estimate of drug-likeness (QED) is 0.640. The predicted octanol–water partition coefficient (Wildman–Crippen LogP) is 3.29. The van der Waals surface area contributed by atoms with Crippen molar-refractivity contribution in [3.8, 4) is 0 Å². The Balaban J connectivity index is 2.32. The molecule has 1 atom stereocenters. The minimum Gasteiger partial charge on any atom is -0.312 e. The highest BCUT2D eigenvalue weighted by Gasteiger charge is 2.27. The third-order valence-electron chi connectivity index (χ3n) is 3.73. The summed E-state index contributed by atoms with van der Waals surface area (Å²) in [7, 11) is 0. The van der Waals surface area contributed by atoms with Crippen LogP contribution in [0.2, 0.25) is 0 Å². The Bertz CT molecular complexity index is 315. The molecule has 0 radical (unpaired) electrons. The summed E-state index contributed by atoms with van der Waals surface area (Å²) in [5.74, 6) is 0.765. The van der Waals surface area contributed by atoms with Crippen LogP contribution in [0.1, 0.15) is 40.5 Å². The van der Waals surface area contributed by atoms with Gasteiger partial charge in [0.25, 0.3) is 0 Å². The molecule has 0 saturated carbocycles. The van der Waals surface area contributed by atoms with Gasteiger partial charge in [-0.2, -0.15) is 0 Å². The monoisotopic (exact) mass is 205 g/mol. The first kappa shape index (κ1) is 10.9. The van der Waals surface area contributed by atoms with Crippen LogP contribution in [0, 0.1) is 11.3 Å². The summed E-state index contributed by atoms with van der Waals surface area (Å²) in [5.41, 5.74) is 5.24. The fourth-order valence-corrected chi connectivity index (χ4v) is 2.67. The second-order valence-corrected chi connectivity index (χ2v) is 6.00. The topological polar surface area (TPSA) is 12.0 Å². The first-order chi connectivity index (χ1) is 6.98. The Morgan fingerprint density at radius 3 is 2.73 bits per heavy atom. The molecule has 1 aliphatic heterocycles. The molecule has 1 unspecified atom stereocenters. The highest BCUT2D eigenvalue weighted by Crippen LogP contribution is 2.39. The normalized spacial score (nSPS) is 27.5. The van der Waals surface area contributed by atoms with Crippen molar-refractivity contribution < 1.29 is 0 Å². The molecule has 2 rings (SSSR count). The molecule has 1 heterocycles. The van der Waals surface area contributed by atoms with Gasteiger partial charge >= 0.3 is 0 Å². The summed E-state index contributed by atoms with van der Waals surface area (Å²) in [6, 6.07) is 0. The van der Waals surface area contributed by atoms with Gasteiger partial charge in [0.1, 0.15) is 0 Å². The van der Waals surface area contributed by atoms with Crippen LogP contribution >= 0.6 is 0 Å². The number of rotatable bonds is 0. The van der Waals surface area contributed by atoms with Crippen molar-refractivity contribution in [1.29, 1.82) is 0 Å². The minimum absolute atomic E-state index is 0.338. The Morgan fingerprint density at radius 2 is 2.07 bits per heavy atom. The van der Waals surface area contributed by atoms with E-state index in [9.17, 15) is 0 Å². The van der Waals surface area contributed by atoms with Crippen LogP contribution in [0.5, 0.6) is 0 Å². The van der Waals surface area contributed by atoms with E-state index in [-0.39, 0.29) is 0 Å². The molecule has 1 heteroatoms. The van der Waals surface area contributed by atoms with E-state index in [1.165, 1.54) is 19.4 Å². The van der Waals surface area contributed by atoms with Crippen LogP contribution in [0.15, 0.2) is 22.8 Å². The average Bonchev–Trinajstić information content (AvgIpc) is 2.16. The van der Waals surface area contributed by atoms with Gasteiger partial charge in [0.15, 0.2) is 0 Å². The lowest BCUT2D eigenvalue weighted by Gasteiger charge is -2.34. The first-order valence-corrected chi connectivity index (χ1v) is 6.12. The van der Waals surface area contributed by atoms with Gasteiger partial charge in [-0.1, -0.05) is 44.9 Å². The SMILES string of the molecule is CC1CC(C(C)(C)C)=CC2=C1CCNC2. The van der Waals surface area contributed by atoms with E-state index < -0.39 is 0 Å². The molecular weight excluding hydrogens is 182 g/mol. The van der Waals surface area contributed by atoms with Gasteiger partial charge in [-0.3, -0.25) is 0 Å². The minimum atomic E-state index is 0.338. The van der Waals surface area contributed by atoms with Crippen LogP contribution in [-0.2, 0) is 0 Å². The van der Waals surface area contributed by atoms with Crippen molar-refractivity contribution in [1.82, 2.24) is 5.32 Å². The Labute approximate surface area is 93.6 Å². The molecule has 0 aromatic rings. The molecular formula is C14H23N. The molecule has 0 fully saturated rings. The fraction of sp³-hybridized carbons (Fsp3) is 0.714. The molecule has 1 aliphatic carbocycles. The number of hydrogen-bond acceptors (Lipinski definition) is 1. The van der Waals surface area contributed by atoms with E-state index in [0.29, 0.717) is 5.41 Å². The summed E-state index contributed by atoms with van der Waals surface area (Å²) >= 11 is 0. The lowest BCUT2D eigenvalue weighted by atomic mass is 9.73. The molecule has 0 aromatic carbocycles. The highest BCUT2D eigenvalue weighted by molar-refractivity contribution is 5.39. The van der Waals surface area contributed by atoms with Gasteiger partial charge in [-0.15, -0.1) is 0 Å². The number of nitrogens with one attached hydrogen (secondary N) is 1. The molecule has 15 heavy (non-hydrogen) atoms. The van der Waals surface area contributed by atoms with Crippen molar-refractivity contribution >= 4 is 0 Å². The van der Waals surface area contributed by atoms with E-state index in [2.05, 4.69) is 39.1 Å². The third-order valence-corrected chi connectivity index (χ3v) is 3.73. The highest BCUT2D eigenvalue weighted by atomic mass is 14.9. The van der Waals surface area contributed by atoms with Gasteiger partial charge in [0.2, 0.25) is 0 Å². The molecule has 0 saturated heterocycles. The van der Waals surface area contributed by atoms with Crippen molar-refractivity contribution in [2.45, 2.75) is 40.5 Å². The molecule has 2 aliphatic rings. The standard InChI is InChI=1S/C14H23N/c1-10-7-12(14(2,3)4)8-11-9-15-6-5-13(10)11/h8,10,15H,5-7,9H2,1-4H3. The van der Waals surface area contributed by atoms with Gasteiger partial charge in [0, 0.05) is 6.54 Å². The smallest absolute Gasteiger partial charge is 0.0205 e. The molecule has 0 bridgehead atoms. The summed E-state index contributed by atoms with van der Waals surface area (Å²) in [6.45, 7) is 11.6. The maximum Gasteiger partial charge on any atom is 0.0205 e. The van der Waals surface area contributed by atoms with Crippen molar-refractivity contribution in [2.24, 2.45) is 11.3 Å². The molecule has 1 nitrogen and oxygen atoms in total. The van der Waals surface area contributed by atoms with Gasteiger partial charge in [0.05, 0.1) is 0 Å². The second-order valence-electron chi connectivity index (χ2n) is 6.00. The van der Waals surface area contributed by atoms with Crippen molar-refractivity contribution in [3.63, 3.8) is 0 Å². The number of hydrogen-bond donors (Lipinski definition) is 1. The first-order valence-electron chi connectivity index (χ1n) is 6.12. The summed E-state index contributed by atoms with van der Waals surface area (Å²) in [6.07, 6.45) is 4.98. The maximum atomic E-state index is 3.47. The summed E-state index contributed by atoms with van der Waals surface area (Å²) < 4.78 is 0. The largest absolute Gasteiger partial charge is 0.312 e. The van der Waals surface area contributed by atoms with Gasteiger partial charge in [-0.25, -0.2) is 0 Å². The van der Waals surface area contributed by atoms with Crippen LogP contribution in [0.4, 0.5) is 0 Å². The van der Waals surface area contributed by atoms with E-state index in [4.69, 9.17) is 0 Å². The second kappa shape index (κ2) is 3.79. The van der Waals surface area contributed by atoms with Crippen LogP contribution < -0.4 is 5.32 Å². The molecule has 0 amide bonds. The van der Waals surface area contributed by atoms with Crippen LogP contribution in [0.3, 0.4) is 0 Å². The lowest BCUT2D eigenvalue weighted by Crippen LogP contribution is -2.30. The Hall–Kier alpha value is -0.560. The van der Waals surface area contributed by atoms with Gasteiger partial charge < -0.3 is 5.32 Å². The summed E-state index contributed by atoms with van der Waals surface area (Å²) in [5, 5.41) is 3.47. The lowest BCUT2D eigenvalue weighted by molar-refractivity contribution is 0.441.